The molecule has 9 heteroatoms. The minimum Gasteiger partial charge on any atom is -0.477 e. The summed E-state index contributed by atoms with van der Waals surface area (Å²) in [5.41, 5.74) is 2.86. The molecule has 2 heterocycles. The molecule has 8 nitrogen and oxygen atoms in total. The van der Waals surface area contributed by atoms with Crippen LogP contribution < -0.4 is 14.8 Å². The van der Waals surface area contributed by atoms with Crippen LogP contribution in [0.2, 0.25) is 0 Å². The molecule has 2 aromatic heterocycles. The summed E-state index contributed by atoms with van der Waals surface area (Å²) in [6.07, 6.45) is 7.24. The second kappa shape index (κ2) is 9.53. The maximum Gasteiger partial charge on any atom is 0.251 e. The summed E-state index contributed by atoms with van der Waals surface area (Å²) in [5, 5.41) is 3.57. The maximum absolute atomic E-state index is 12.5. The third-order valence-corrected chi connectivity index (χ3v) is 5.49. The summed E-state index contributed by atoms with van der Waals surface area (Å²) in [4.78, 5) is 29.5. The zero-order valence-corrected chi connectivity index (χ0v) is 17.4. The van der Waals surface area contributed by atoms with Gasteiger partial charge >= 0.3 is 0 Å². The molecule has 1 amide bonds. The lowest BCUT2D eigenvalue weighted by Gasteiger charge is -2.08. The molecule has 1 aliphatic rings. The zero-order valence-electron chi connectivity index (χ0n) is 16.5. The minimum atomic E-state index is -0.170. The van der Waals surface area contributed by atoms with Crippen LogP contribution in [0.3, 0.4) is 0 Å². The number of carbonyl (C=O) groups excluding carboxylic acids is 1. The van der Waals surface area contributed by atoms with Crippen molar-refractivity contribution in [3.05, 3.63) is 60.3 Å². The highest BCUT2D eigenvalue weighted by molar-refractivity contribution is 8.01. The second-order valence-electron chi connectivity index (χ2n) is 6.75. The number of carbonyl (C=O) groups is 1. The van der Waals surface area contributed by atoms with Gasteiger partial charge in [-0.05, 0) is 43.8 Å². The molecule has 0 aliphatic heterocycles. The third-order valence-electron chi connectivity index (χ3n) is 4.36. The Morgan fingerprint density at radius 3 is 2.80 bits per heavy atom. The molecule has 0 saturated heterocycles. The van der Waals surface area contributed by atoms with Gasteiger partial charge in [-0.15, -0.1) is 0 Å². The van der Waals surface area contributed by atoms with Gasteiger partial charge in [-0.1, -0.05) is 12.1 Å². The minimum absolute atomic E-state index is 0.170. The van der Waals surface area contributed by atoms with E-state index in [0.29, 0.717) is 35.5 Å². The molecule has 0 spiro atoms. The van der Waals surface area contributed by atoms with Crippen LogP contribution in [0, 0.1) is 0 Å². The lowest BCUT2D eigenvalue weighted by atomic mass is 10.1. The lowest BCUT2D eigenvalue weighted by molar-refractivity contribution is 0.0950. The number of nitrogens with one attached hydrogen (secondary N) is 2. The predicted molar refractivity (Wildman–Crippen MR) is 116 cm³/mol. The van der Waals surface area contributed by atoms with E-state index in [1.54, 1.807) is 36.5 Å². The summed E-state index contributed by atoms with van der Waals surface area (Å²) in [7, 11) is 0. The first-order valence-corrected chi connectivity index (χ1v) is 10.7. The largest absolute Gasteiger partial charge is 0.477 e. The van der Waals surface area contributed by atoms with Gasteiger partial charge in [0.2, 0.25) is 5.88 Å². The summed E-state index contributed by atoms with van der Waals surface area (Å²) in [5.74, 6) is 1.06. The number of nitrogens with zero attached hydrogens (tertiary/aromatic N) is 4. The number of aromatic nitrogens is 4. The molecule has 2 N–H and O–H groups in total. The first-order valence-electron chi connectivity index (χ1n) is 9.77. The number of amides is 1. The quantitative estimate of drug-likeness (QED) is 0.505. The fraction of sp³-hybridized carbons (Fsp3) is 0.286. The van der Waals surface area contributed by atoms with Crippen molar-refractivity contribution in [1.29, 1.82) is 0 Å². The van der Waals surface area contributed by atoms with E-state index in [0.717, 1.165) is 17.1 Å². The number of benzene rings is 1. The van der Waals surface area contributed by atoms with Crippen LogP contribution in [0.5, 0.6) is 5.88 Å². The molecule has 0 atom stereocenters. The van der Waals surface area contributed by atoms with E-state index < -0.39 is 0 Å². The van der Waals surface area contributed by atoms with E-state index in [1.807, 2.05) is 25.1 Å². The smallest absolute Gasteiger partial charge is 0.251 e. The maximum atomic E-state index is 12.5. The molecule has 0 radical (unpaired) electrons. The topological polar surface area (TPSA) is 102 Å². The Kier molecular flexibility index (Phi) is 6.38. The summed E-state index contributed by atoms with van der Waals surface area (Å²) >= 11 is 1.68. The Morgan fingerprint density at radius 2 is 2.03 bits per heavy atom. The molecular formula is C21H22N6O2S. The molecule has 0 bridgehead atoms. The van der Waals surface area contributed by atoms with Gasteiger partial charge in [0.25, 0.3) is 5.91 Å². The molecule has 1 fully saturated rings. The van der Waals surface area contributed by atoms with E-state index in [2.05, 4.69) is 30.0 Å². The van der Waals surface area contributed by atoms with Gasteiger partial charge < -0.3 is 14.8 Å². The first-order chi connectivity index (χ1) is 14.7. The SMILES string of the molecule is CCOc1cncc(-c2ccc(C(=O)NCc3cc(NSC4CC4)ncn3)cc2)n1. The lowest BCUT2D eigenvalue weighted by Crippen LogP contribution is -2.23. The molecule has 1 saturated carbocycles. The van der Waals surface area contributed by atoms with Gasteiger partial charge in [0.05, 0.1) is 36.9 Å². The number of ether oxygens (including phenoxy) is 1. The van der Waals surface area contributed by atoms with Crippen LogP contribution in [0.15, 0.2) is 49.1 Å². The monoisotopic (exact) mass is 422 g/mol. The predicted octanol–water partition coefficient (Wildman–Crippen LogP) is 3.48. The van der Waals surface area contributed by atoms with Crippen molar-refractivity contribution in [3.63, 3.8) is 0 Å². The Balaban J connectivity index is 1.34. The Labute approximate surface area is 179 Å². The van der Waals surface area contributed by atoms with E-state index in [4.69, 9.17) is 4.74 Å². The van der Waals surface area contributed by atoms with Crippen molar-refractivity contribution in [3.8, 4) is 17.1 Å². The van der Waals surface area contributed by atoms with Crippen LogP contribution in [0.1, 0.15) is 35.8 Å². The van der Waals surface area contributed by atoms with Crippen LogP contribution >= 0.6 is 11.9 Å². The Morgan fingerprint density at radius 1 is 1.20 bits per heavy atom. The standard InChI is InChI=1S/C21H22N6O2S/c1-2-29-20-12-22-11-18(26-20)14-3-5-15(6-4-14)21(28)23-10-16-9-19(25-13-24-16)27-30-17-7-8-17/h3-6,9,11-13,17H,2,7-8,10H2,1H3,(H,23,28)(H,24,25,27). The Hall–Kier alpha value is -3.20. The number of anilines is 1. The molecule has 0 unspecified atom stereocenters. The van der Waals surface area contributed by atoms with E-state index in [9.17, 15) is 4.79 Å². The van der Waals surface area contributed by atoms with Crippen LogP contribution in [0.4, 0.5) is 5.82 Å². The summed E-state index contributed by atoms with van der Waals surface area (Å²) < 4.78 is 8.62. The fourth-order valence-electron chi connectivity index (χ4n) is 2.65. The highest BCUT2D eigenvalue weighted by Crippen LogP contribution is 2.33. The van der Waals surface area contributed by atoms with Gasteiger partial charge in [0.1, 0.15) is 12.1 Å². The van der Waals surface area contributed by atoms with Crippen LogP contribution in [-0.2, 0) is 6.54 Å². The van der Waals surface area contributed by atoms with Gasteiger partial charge in [-0.25, -0.2) is 15.0 Å². The van der Waals surface area contributed by atoms with E-state index >= 15 is 0 Å². The third kappa shape index (κ3) is 5.44. The molecule has 4 rings (SSSR count). The van der Waals surface area contributed by atoms with Crippen molar-refractivity contribution in [2.24, 2.45) is 0 Å². The number of hydrogen-bond donors (Lipinski definition) is 2. The molecular weight excluding hydrogens is 400 g/mol. The van der Waals surface area contributed by atoms with Crippen molar-refractivity contribution in [2.45, 2.75) is 31.6 Å². The highest BCUT2D eigenvalue weighted by atomic mass is 32.2. The normalized spacial score (nSPS) is 13.0. The van der Waals surface area contributed by atoms with E-state index in [1.165, 1.54) is 19.2 Å². The molecule has 1 aromatic carbocycles. The number of hydrogen-bond acceptors (Lipinski definition) is 8. The van der Waals surface area contributed by atoms with Crippen molar-refractivity contribution in [2.75, 3.05) is 11.3 Å². The van der Waals surface area contributed by atoms with Gasteiger partial charge in [0, 0.05) is 22.4 Å². The van der Waals surface area contributed by atoms with Gasteiger partial charge in [-0.2, -0.15) is 0 Å². The summed E-state index contributed by atoms with van der Waals surface area (Å²) in [6.45, 7) is 2.75. The molecule has 154 valence electrons. The average Bonchev–Trinajstić information content (AvgIpc) is 3.62. The zero-order chi connectivity index (χ0) is 20.8. The average molecular weight is 423 g/mol. The first kappa shape index (κ1) is 20.1. The fourth-order valence-corrected chi connectivity index (χ4v) is 3.42. The van der Waals surface area contributed by atoms with Crippen LogP contribution in [-0.4, -0.2) is 37.7 Å². The second-order valence-corrected chi connectivity index (χ2v) is 7.86. The van der Waals surface area contributed by atoms with Crippen molar-refractivity contribution in [1.82, 2.24) is 25.3 Å². The highest BCUT2D eigenvalue weighted by Gasteiger charge is 2.22. The molecule has 30 heavy (non-hydrogen) atoms. The van der Waals surface area contributed by atoms with Crippen LogP contribution in [0.25, 0.3) is 11.3 Å². The Bertz CT molecular complexity index is 1010. The van der Waals surface area contributed by atoms with Gasteiger partial charge in [0.15, 0.2) is 0 Å². The van der Waals surface area contributed by atoms with Crippen molar-refractivity contribution >= 4 is 23.7 Å². The van der Waals surface area contributed by atoms with Crippen molar-refractivity contribution < 1.29 is 9.53 Å². The molecule has 3 aromatic rings. The molecule has 1 aliphatic carbocycles. The summed E-state index contributed by atoms with van der Waals surface area (Å²) in [6, 6.07) is 9.06. The number of rotatable bonds is 9. The van der Waals surface area contributed by atoms with E-state index in [-0.39, 0.29) is 5.91 Å². The van der Waals surface area contributed by atoms with Gasteiger partial charge in [-0.3, -0.25) is 9.78 Å².